The predicted octanol–water partition coefficient (Wildman–Crippen LogP) is 3.79. The molecule has 1 fully saturated rings. The molecule has 1 heterocycles. The van der Waals surface area contributed by atoms with Gasteiger partial charge < -0.3 is 5.32 Å². The summed E-state index contributed by atoms with van der Waals surface area (Å²) in [6.45, 7) is 1.24. The fourth-order valence-corrected chi connectivity index (χ4v) is 5.99. The lowest BCUT2D eigenvalue weighted by Gasteiger charge is -2.31. The largest absolute Gasteiger partial charge is 0.355 e. The number of carbonyl (C=O) groups excluding carboxylic acids is 1. The van der Waals surface area contributed by atoms with Crippen LogP contribution in [0.25, 0.3) is 0 Å². The molecule has 0 unspecified atom stereocenters. The van der Waals surface area contributed by atoms with E-state index in [0.717, 1.165) is 22.1 Å². The van der Waals surface area contributed by atoms with Crippen molar-refractivity contribution in [1.29, 1.82) is 0 Å². The topological polar surface area (TPSA) is 66.5 Å². The summed E-state index contributed by atoms with van der Waals surface area (Å²) in [5, 5.41) is 3.71. The van der Waals surface area contributed by atoms with Gasteiger partial charge in [0.2, 0.25) is 15.9 Å². The van der Waals surface area contributed by atoms with Gasteiger partial charge in [-0.05, 0) is 36.6 Å². The summed E-state index contributed by atoms with van der Waals surface area (Å²) in [6.07, 6.45) is 1.39. The third kappa shape index (κ3) is 5.98. The van der Waals surface area contributed by atoms with E-state index in [0.29, 0.717) is 25.9 Å². The molecule has 0 spiro atoms. The van der Waals surface area contributed by atoms with E-state index in [2.05, 4.69) is 5.32 Å². The number of nitrogens with zero attached hydrogens (tertiary/aromatic N) is 1. The number of carbonyl (C=O) groups is 1. The second kappa shape index (κ2) is 10.5. The van der Waals surface area contributed by atoms with Gasteiger partial charge in [0.05, 0.1) is 10.8 Å². The summed E-state index contributed by atoms with van der Waals surface area (Å²) in [4.78, 5) is 12.8. The van der Waals surface area contributed by atoms with E-state index in [1.54, 1.807) is 42.1 Å². The van der Waals surface area contributed by atoms with Crippen LogP contribution in [0.3, 0.4) is 0 Å². The Balaban J connectivity index is 1.45. The van der Waals surface area contributed by atoms with E-state index < -0.39 is 10.0 Å². The Labute approximate surface area is 181 Å². The van der Waals surface area contributed by atoms with Crippen molar-refractivity contribution in [1.82, 2.24) is 9.62 Å². The summed E-state index contributed by atoms with van der Waals surface area (Å²) in [5.41, 5.74) is 1.08. The highest BCUT2D eigenvalue weighted by molar-refractivity contribution is 7.98. The van der Waals surface area contributed by atoms with Crippen LogP contribution in [0, 0.1) is 5.92 Å². The molecule has 5 nitrogen and oxygen atoms in total. The zero-order valence-electron chi connectivity index (χ0n) is 16.1. The van der Waals surface area contributed by atoms with E-state index in [-0.39, 0.29) is 23.3 Å². The molecule has 2 aromatic rings. The number of hydrogen-bond donors (Lipinski definition) is 1. The highest BCUT2D eigenvalue weighted by Crippen LogP contribution is 2.24. The summed E-state index contributed by atoms with van der Waals surface area (Å²) >= 11 is 7.85. The molecule has 156 valence electrons. The van der Waals surface area contributed by atoms with Crippen molar-refractivity contribution < 1.29 is 13.2 Å². The van der Waals surface area contributed by atoms with Crippen LogP contribution in [-0.4, -0.2) is 44.0 Å². The third-order valence-electron chi connectivity index (χ3n) is 4.90. The summed E-state index contributed by atoms with van der Waals surface area (Å²) in [7, 11) is -3.56. The molecule has 8 heteroatoms. The Bertz CT molecular complexity index is 923. The Hall–Kier alpha value is -1.54. The minimum Gasteiger partial charge on any atom is -0.355 e. The number of thioether (sulfide) groups is 1. The molecule has 2 aromatic carbocycles. The van der Waals surface area contributed by atoms with Crippen LogP contribution in [-0.2, 0) is 20.6 Å². The number of amides is 1. The first kappa shape index (κ1) is 22.2. The van der Waals surface area contributed by atoms with Crippen molar-refractivity contribution in [3.63, 3.8) is 0 Å². The molecule has 3 rings (SSSR count). The Morgan fingerprint density at radius 2 is 1.86 bits per heavy atom. The smallest absolute Gasteiger partial charge is 0.243 e. The Morgan fingerprint density at radius 3 is 2.62 bits per heavy atom. The zero-order chi connectivity index (χ0) is 20.7. The van der Waals surface area contributed by atoms with Gasteiger partial charge in [-0.15, -0.1) is 0 Å². The molecule has 1 aliphatic heterocycles. The second-order valence-electron chi connectivity index (χ2n) is 6.95. The normalized spacial score (nSPS) is 17.8. The van der Waals surface area contributed by atoms with E-state index in [9.17, 15) is 13.2 Å². The Kier molecular flexibility index (Phi) is 8.00. The van der Waals surface area contributed by atoms with Crippen molar-refractivity contribution in [2.45, 2.75) is 23.5 Å². The number of sulfonamides is 1. The minimum atomic E-state index is -3.56. The number of halogens is 1. The average Bonchev–Trinajstić information content (AvgIpc) is 2.75. The lowest BCUT2D eigenvalue weighted by molar-refractivity contribution is -0.125. The summed E-state index contributed by atoms with van der Waals surface area (Å²) in [5.74, 6) is 1.18. The van der Waals surface area contributed by atoms with E-state index in [1.165, 1.54) is 4.31 Å². The van der Waals surface area contributed by atoms with Crippen LogP contribution in [0.1, 0.15) is 18.4 Å². The van der Waals surface area contributed by atoms with Crippen molar-refractivity contribution in [3.05, 3.63) is 65.2 Å². The first-order chi connectivity index (χ1) is 14.0. The lowest BCUT2D eigenvalue weighted by Crippen LogP contribution is -2.45. The van der Waals surface area contributed by atoms with E-state index >= 15 is 0 Å². The van der Waals surface area contributed by atoms with Crippen LogP contribution < -0.4 is 5.32 Å². The lowest BCUT2D eigenvalue weighted by atomic mass is 9.99. The fourth-order valence-electron chi connectivity index (χ4n) is 3.30. The highest BCUT2D eigenvalue weighted by atomic mass is 35.5. The molecule has 0 aliphatic carbocycles. The van der Waals surface area contributed by atoms with Gasteiger partial charge in [0.25, 0.3) is 0 Å². The average molecular weight is 453 g/mol. The van der Waals surface area contributed by atoms with E-state index in [4.69, 9.17) is 11.6 Å². The molecule has 1 aliphatic rings. The monoisotopic (exact) mass is 452 g/mol. The van der Waals surface area contributed by atoms with Crippen LogP contribution >= 0.6 is 23.4 Å². The SMILES string of the molecule is O=C(NCCSCc1ccccc1Cl)[C@@H]1CCCN(S(=O)(=O)c2ccccc2)C1. The molecule has 1 amide bonds. The van der Waals surface area contributed by atoms with Crippen molar-refractivity contribution in [2.24, 2.45) is 5.92 Å². The molecule has 0 radical (unpaired) electrons. The van der Waals surface area contributed by atoms with E-state index in [1.807, 2.05) is 24.3 Å². The van der Waals surface area contributed by atoms with Gasteiger partial charge in [0, 0.05) is 36.2 Å². The van der Waals surface area contributed by atoms with Gasteiger partial charge in [-0.2, -0.15) is 16.1 Å². The molecule has 29 heavy (non-hydrogen) atoms. The maximum absolute atomic E-state index is 12.8. The predicted molar refractivity (Wildman–Crippen MR) is 119 cm³/mol. The maximum atomic E-state index is 12.8. The van der Waals surface area contributed by atoms with Crippen LogP contribution in [0.5, 0.6) is 0 Å². The van der Waals surface area contributed by atoms with Gasteiger partial charge in [0.15, 0.2) is 0 Å². The van der Waals surface area contributed by atoms with Crippen molar-refractivity contribution in [2.75, 3.05) is 25.4 Å². The first-order valence-corrected chi connectivity index (χ1v) is 12.6. The molecular weight excluding hydrogens is 428 g/mol. The number of hydrogen-bond acceptors (Lipinski definition) is 4. The summed E-state index contributed by atoms with van der Waals surface area (Å²) < 4.78 is 27.0. The molecule has 0 aromatic heterocycles. The highest BCUT2D eigenvalue weighted by Gasteiger charge is 2.33. The van der Waals surface area contributed by atoms with Gasteiger partial charge in [-0.25, -0.2) is 8.42 Å². The third-order valence-corrected chi connectivity index (χ3v) is 8.15. The van der Waals surface area contributed by atoms with Gasteiger partial charge in [-0.1, -0.05) is 48.0 Å². The zero-order valence-corrected chi connectivity index (χ0v) is 18.5. The fraction of sp³-hybridized carbons (Fsp3) is 0.381. The van der Waals surface area contributed by atoms with Crippen molar-refractivity contribution in [3.8, 4) is 0 Å². The van der Waals surface area contributed by atoms with Crippen LogP contribution in [0.2, 0.25) is 5.02 Å². The van der Waals surface area contributed by atoms with Gasteiger partial charge in [-0.3, -0.25) is 4.79 Å². The molecule has 1 N–H and O–H groups in total. The quantitative estimate of drug-likeness (QED) is 0.619. The molecule has 0 bridgehead atoms. The molecule has 1 saturated heterocycles. The second-order valence-corrected chi connectivity index (χ2v) is 10.4. The molecular formula is C21H25ClN2O3S2. The number of rotatable bonds is 8. The minimum absolute atomic E-state index is 0.0729. The Morgan fingerprint density at radius 1 is 1.14 bits per heavy atom. The van der Waals surface area contributed by atoms with Crippen LogP contribution in [0.4, 0.5) is 0 Å². The van der Waals surface area contributed by atoms with Gasteiger partial charge >= 0.3 is 0 Å². The number of piperidine rings is 1. The molecule has 0 saturated carbocycles. The maximum Gasteiger partial charge on any atom is 0.243 e. The number of nitrogens with one attached hydrogen (secondary N) is 1. The summed E-state index contributed by atoms with van der Waals surface area (Å²) in [6, 6.07) is 16.1. The van der Waals surface area contributed by atoms with Crippen LogP contribution in [0.15, 0.2) is 59.5 Å². The first-order valence-electron chi connectivity index (χ1n) is 9.62. The van der Waals surface area contributed by atoms with Crippen molar-refractivity contribution >= 4 is 39.3 Å². The standard InChI is InChI=1S/C21H25ClN2O3S2/c22-20-11-5-4-7-18(20)16-28-14-12-23-21(25)17-8-6-13-24(15-17)29(26,27)19-9-2-1-3-10-19/h1-5,7,9-11,17H,6,8,12-16H2,(H,23,25)/t17-/m1/s1. The molecule has 1 atom stereocenters. The number of benzene rings is 2. The van der Waals surface area contributed by atoms with Gasteiger partial charge in [0.1, 0.15) is 0 Å².